The fraction of sp³-hybridized carbons (Fsp3) is 1.00. The van der Waals surface area contributed by atoms with Gasteiger partial charge in [-0.15, -0.1) is 0 Å². The minimum absolute atomic E-state index is 0.530. The van der Waals surface area contributed by atoms with Crippen LogP contribution in [-0.2, 0) is 4.74 Å². The Bertz CT molecular complexity index is 197. The van der Waals surface area contributed by atoms with Crippen molar-refractivity contribution in [2.75, 3.05) is 13.2 Å². The zero-order valence-electron chi connectivity index (χ0n) is 12.9. The van der Waals surface area contributed by atoms with E-state index < -0.39 is 0 Å². The molecule has 1 saturated carbocycles. The van der Waals surface area contributed by atoms with Crippen molar-refractivity contribution in [1.82, 2.24) is 5.32 Å². The first kappa shape index (κ1) is 16.0. The minimum atomic E-state index is 0.530. The van der Waals surface area contributed by atoms with Crippen LogP contribution >= 0.6 is 0 Å². The first-order chi connectivity index (χ1) is 8.61. The average Bonchev–Trinajstić information content (AvgIpc) is 2.31. The molecule has 0 spiro atoms. The molecule has 1 aliphatic carbocycles. The lowest BCUT2D eigenvalue weighted by Gasteiger charge is -2.31. The fourth-order valence-electron chi connectivity index (χ4n) is 3.14. The lowest BCUT2D eigenvalue weighted by Crippen LogP contribution is -2.28. The van der Waals surface area contributed by atoms with Crippen LogP contribution in [0.2, 0.25) is 0 Å². The van der Waals surface area contributed by atoms with Gasteiger partial charge in [-0.05, 0) is 63.8 Å². The van der Waals surface area contributed by atoms with Gasteiger partial charge >= 0.3 is 0 Å². The molecule has 1 rings (SSSR count). The van der Waals surface area contributed by atoms with Crippen LogP contribution in [0.25, 0.3) is 0 Å². The maximum atomic E-state index is 6.05. The first-order valence-corrected chi connectivity index (χ1v) is 7.96. The van der Waals surface area contributed by atoms with E-state index in [2.05, 4.69) is 33.0 Å². The van der Waals surface area contributed by atoms with E-state index in [0.717, 1.165) is 25.0 Å². The number of hydrogen-bond donors (Lipinski definition) is 1. The van der Waals surface area contributed by atoms with Crippen molar-refractivity contribution in [2.24, 2.45) is 11.8 Å². The predicted octanol–water partition coefficient (Wildman–Crippen LogP) is 4.00. The highest BCUT2D eigenvalue weighted by molar-refractivity contribution is 4.75. The molecule has 0 aromatic carbocycles. The molecule has 18 heavy (non-hydrogen) atoms. The predicted molar refractivity (Wildman–Crippen MR) is 78.9 cm³/mol. The Morgan fingerprint density at radius 1 is 1.17 bits per heavy atom. The summed E-state index contributed by atoms with van der Waals surface area (Å²) in [6, 6.07) is 0.637. The van der Waals surface area contributed by atoms with Gasteiger partial charge in [0.15, 0.2) is 0 Å². The Balaban J connectivity index is 2.03. The van der Waals surface area contributed by atoms with Crippen molar-refractivity contribution >= 4 is 0 Å². The summed E-state index contributed by atoms with van der Waals surface area (Å²) < 4.78 is 6.05. The lowest BCUT2D eigenvalue weighted by atomic mass is 9.82. The van der Waals surface area contributed by atoms with E-state index in [1.54, 1.807) is 0 Å². The molecule has 2 nitrogen and oxygen atoms in total. The molecule has 1 aliphatic rings. The van der Waals surface area contributed by atoms with E-state index >= 15 is 0 Å². The molecule has 0 heterocycles. The molecular formula is C16H33NO. The largest absolute Gasteiger partial charge is 0.378 e. The minimum Gasteiger partial charge on any atom is -0.378 e. The molecule has 0 radical (unpaired) electrons. The maximum absolute atomic E-state index is 6.05. The first-order valence-electron chi connectivity index (χ1n) is 7.96. The molecular weight excluding hydrogens is 222 g/mol. The molecule has 108 valence electrons. The van der Waals surface area contributed by atoms with Crippen molar-refractivity contribution in [3.8, 4) is 0 Å². The van der Waals surface area contributed by atoms with Crippen LogP contribution in [0.4, 0.5) is 0 Å². The van der Waals surface area contributed by atoms with Gasteiger partial charge in [-0.25, -0.2) is 0 Å². The Morgan fingerprint density at radius 2 is 1.83 bits per heavy atom. The monoisotopic (exact) mass is 255 g/mol. The second kappa shape index (κ2) is 8.92. The second-order valence-electron chi connectivity index (χ2n) is 6.41. The lowest BCUT2D eigenvalue weighted by molar-refractivity contribution is -0.00104. The van der Waals surface area contributed by atoms with Gasteiger partial charge in [0.2, 0.25) is 0 Å². The van der Waals surface area contributed by atoms with Crippen LogP contribution in [0.1, 0.15) is 66.2 Å². The number of rotatable bonds is 8. The average molecular weight is 255 g/mol. The zero-order valence-corrected chi connectivity index (χ0v) is 12.9. The van der Waals surface area contributed by atoms with Crippen LogP contribution in [0, 0.1) is 11.8 Å². The van der Waals surface area contributed by atoms with Gasteiger partial charge < -0.3 is 10.1 Å². The van der Waals surface area contributed by atoms with Gasteiger partial charge in [0.25, 0.3) is 0 Å². The van der Waals surface area contributed by atoms with Crippen LogP contribution in [-0.4, -0.2) is 25.3 Å². The SMILES string of the molecule is CCCNC(C)CCCOC1CC(C)CC(C)C1. The Kier molecular flexibility index (Phi) is 7.92. The van der Waals surface area contributed by atoms with E-state index in [-0.39, 0.29) is 0 Å². The standard InChI is InChI=1S/C16H33NO/c1-5-8-17-15(4)7-6-9-18-16-11-13(2)10-14(3)12-16/h13-17H,5-12H2,1-4H3. The summed E-state index contributed by atoms with van der Waals surface area (Å²) in [6.45, 7) is 11.3. The number of nitrogens with one attached hydrogen (secondary N) is 1. The van der Waals surface area contributed by atoms with Crippen molar-refractivity contribution in [2.45, 2.75) is 78.4 Å². The molecule has 0 aliphatic heterocycles. The highest BCUT2D eigenvalue weighted by Gasteiger charge is 2.24. The quantitative estimate of drug-likeness (QED) is 0.662. The highest BCUT2D eigenvalue weighted by atomic mass is 16.5. The zero-order chi connectivity index (χ0) is 13.4. The molecule has 0 saturated heterocycles. The fourth-order valence-corrected chi connectivity index (χ4v) is 3.14. The van der Waals surface area contributed by atoms with E-state index in [1.807, 2.05) is 0 Å². The summed E-state index contributed by atoms with van der Waals surface area (Å²) >= 11 is 0. The van der Waals surface area contributed by atoms with Gasteiger partial charge in [-0.2, -0.15) is 0 Å². The van der Waals surface area contributed by atoms with Crippen molar-refractivity contribution in [3.05, 3.63) is 0 Å². The van der Waals surface area contributed by atoms with Crippen LogP contribution in [0.15, 0.2) is 0 Å². The Morgan fingerprint density at radius 3 is 2.44 bits per heavy atom. The van der Waals surface area contributed by atoms with Crippen molar-refractivity contribution in [3.63, 3.8) is 0 Å². The van der Waals surface area contributed by atoms with Gasteiger partial charge in [-0.1, -0.05) is 20.8 Å². The number of hydrogen-bond acceptors (Lipinski definition) is 2. The number of ether oxygens (including phenoxy) is 1. The maximum Gasteiger partial charge on any atom is 0.0580 e. The van der Waals surface area contributed by atoms with Crippen LogP contribution in [0.3, 0.4) is 0 Å². The van der Waals surface area contributed by atoms with Crippen molar-refractivity contribution < 1.29 is 4.74 Å². The van der Waals surface area contributed by atoms with Gasteiger partial charge in [0, 0.05) is 12.6 Å². The summed E-state index contributed by atoms with van der Waals surface area (Å²) in [5.74, 6) is 1.70. The summed E-state index contributed by atoms with van der Waals surface area (Å²) in [7, 11) is 0. The summed E-state index contributed by atoms with van der Waals surface area (Å²) in [5.41, 5.74) is 0. The van der Waals surface area contributed by atoms with E-state index in [1.165, 1.54) is 38.5 Å². The van der Waals surface area contributed by atoms with E-state index in [4.69, 9.17) is 4.74 Å². The molecule has 3 unspecified atom stereocenters. The molecule has 0 bridgehead atoms. The van der Waals surface area contributed by atoms with Gasteiger partial charge in [0.1, 0.15) is 0 Å². The third kappa shape index (κ3) is 6.75. The Hall–Kier alpha value is -0.0800. The smallest absolute Gasteiger partial charge is 0.0580 e. The second-order valence-corrected chi connectivity index (χ2v) is 6.41. The van der Waals surface area contributed by atoms with Crippen LogP contribution in [0.5, 0.6) is 0 Å². The highest BCUT2D eigenvalue weighted by Crippen LogP contribution is 2.30. The summed E-state index contributed by atoms with van der Waals surface area (Å²) in [5, 5.41) is 3.53. The Labute approximate surface area is 114 Å². The molecule has 0 aromatic rings. The van der Waals surface area contributed by atoms with Gasteiger partial charge in [-0.3, -0.25) is 0 Å². The molecule has 0 amide bonds. The molecule has 1 fully saturated rings. The third-order valence-electron chi connectivity index (χ3n) is 4.01. The normalized spacial score (nSPS) is 30.3. The van der Waals surface area contributed by atoms with Crippen molar-refractivity contribution in [1.29, 1.82) is 0 Å². The molecule has 1 N–H and O–H groups in total. The molecule has 2 heteroatoms. The van der Waals surface area contributed by atoms with E-state index in [0.29, 0.717) is 12.1 Å². The van der Waals surface area contributed by atoms with E-state index in [9.17, 15) is 0 Å². The van der Waals surface area contributed by atoms with Crippen LogP contribution < -0.4 is 5.32 Å². The molecule has 0 aromatic heterocycles. The summed E-state index contributed by atoms with van der Waals surface area (Å²) in [6.07, 6.45) is 8.11. The topological polar surface area (TPSA) is 21.3 Å². The van der Waals surface area contributed by atoms with Gasteiger partial charge in [0.05, 0.1) is 6.10 Å². The third-order valence-corrected chi connectivity index (χ3v) is 4.01. The summed E-state index contributed by atoms with van der Waals surface area (Å²) in [4.78, 5) is 0. The molecule has 3 atom stereocenters.